The van der Waals surface area contributed by atoms with Crippen molar-refractivity contribution in [3.05, 3.63) is 89.5 Å². The highest BCUT2D eigenvalue weighted by atomic mass is 32.2. The maximum Gasteiger partial charge on any atom is 0.187 e. The maximum atomic E-state index is 6.59. The number of thioether (sulfide) groups is 1. The summed E-state index contributed by atoms with van der Waals surface area (Å²) >= 11 is 1.91. The number of hydrogen-bond acceptors (Lipinski definition) is 4. The predicted molar refractivity (Wildman–Crippen MR) is 137 cm³/mol. The molecule has 0 amide bonds. The number of aryl methyl sites for hydroxylation is 2. The molecule has 1 aliphatic heterocycles. The Labute approximate surface area is 202 Å². The monoisotopic (exact) mass is 464 g/mol. The van der Waals surface area contributed by atoms with Crippen molar-refractivity contribution in [3.63, 3.8) is 0 Å². The number of aromatic nitrogens is 2. The molecular formula is C28H36N2O2S. The molecule has 0 N–H and O–H groups in total. The quantitative estimate of drug-likeness (QED) is 0.380. The molecule has 2 heterocycles. The first-order valence-electron chi connectivity index (χ1n) is 11.8. The van der Waals surface area contributed by atoms with Crippen molar-refractivity contribution in [2.75, 3.05) is 12.4 Å². The third-order valence-corrected chi connectivity index (χ3v) is 7.35. The van der Waals surface area contributed by atoms with E-state index >= 15 is 0 Å². The smallest absolute Gasteiger partial charge is 0.187 e. The molecule has 2 aromatic carbocycles. The van der Waals surface area contributed by atoms with Gasteiger partial charge in [0.25, 0.3) is 0 Å². The normalized spacial score (nSPS) is 20.9. The number of hydrogen-bond donors (Lipinski definition) is 0. The Kier molecular flexibility index (Phi) is 7.62. The Morgan fingerprint density at radius 2 is 1.79 bits per heavy atom. The van der Waals surface area contributed by atoms with Gasteiger partial charge in [-0.3, -0.25) is 0 Å². The maximum absolute atomic E-state index is 6.59. The molecule has 5 heteroatoms. The molecule has 0 aliphatic carbocycles. The van der Waals surface area contributed by atoms with Gasteiger partial charge >= 0.3 is 0 Å². The van der Waals surface area contributed by atoms with Crippen LogP contribution in [0.3, 0.4) is 0 Å². The topological polar surface area (TPSA) is 36.3 Å². The highest BCUT2D eigenvalue weighted by Crippen LogP contribution is 2.33. The fourth-order valence-corrected chi connectivity index (χ4v) is 5.12. The van der Waals surface area contributed by atoms with E-state index < -0.39 is 5.79 Å². The van der Waals surface area contributed by atoms with Crippen LogP contribution in [0.4, 0.5) is 0 Å². The number of benzene rings is 2. The van der Waals surface area contributed by atoms with Crippen LogP contribution in [-0.4, -0.2) is 33.8 Å². The second-order valence-electron chi connectivity index (χ2n) is 10.1. The fourth-order valence-electron chi connectivity index (χ4n) is 4.15. The van der Waals surface area contributed by atoms with Gasteiger partial charge in [0.2, 0.25) is 0 Å². The number of ether oxygens (including phenoxy) is 2. The zero-order valence-electron chi connectivity index (χ0n) is 20.3. The molecule has 1 fully saturated rings. The lowest BCUT2D eigenvalue weighted by atomic mass is 9.86. The summed E-state index contributed by atoms with van der Waals surface area (Å²) in [6, 6.07) is 17.8. The lowest BCUT2D eigenvalue weighted by molar-refractivity contribution is -0.180. The van der Waals surface area contributed by atoms with Crippen LogP contribution in [0.25, 0.3) is 0 Å². The van der Waals surface area contributed by atoms with Crippen LogP contribution in [0.2, 0.25) is 0 Å². The molecule has 33 heavy (non-hydrogen) atoms. The zero-order valence-corrected chi connectivity index (χ0v) is 21.1. The summed E-state index contributed by atoms with van der Waals surface area (Å²) in [7, 11) is 0. The molecule has 1 aromatic heterocycles. The SMILES string of the molecule is Cc1ccc(CSCC2COC(CCc3ccc(C(C)(C)C)cc3)(Cn3ccnc3)O2)cc1. The van der Waals surface area contributed by atoms with E-state index in [9.17, 15) is 0 Å². The molecule has 1 aliphatic rings. The van der Waals surface area contributed by atoms with Crippen LogP contribution in [0.15, 0.2) is 67.3 Å². The van der Waals surface area contributed by atoms with Gasteiger partial charge < -0.3 is 14.0 Å². The van der Waals surface area contributed by atoms with Gasteiger partial charge in [-0.15, -0.1) is 0 Å². The lowest BCUT2D eigenvalue weighted by Crippen LogP contribution is -2.37. The van der Waals surface area contributed by atoms with Crippen molar-refractivity contribution in [2.45, 2.75) is 70.1 Å². The van der Waals surface area contributed by atoms with E-state index in [-0.39, 0.29) is 11.5 Å². The van der Waals surface area contributed by atoms with Gasteiger partial charge in [-0.2, -0.15) is 11.8 Å². The van der Waals surface area contributed by atoms with Gasteiger partial charge in [-0.1, -0.05) is 74.9 Å². The summed E-state index contributed by atoms with van der Waals surface area (Å²) in [5.41, 5.74) is 5.50. The van der Waals surface area contributed by atoms with Crippen molar-refractivity contribution < 1.29 is 9.47 Å². The molecule has 1 saturated heterocycles. The largest absolute Gasteiger partial charge is 0.345 e. The fraction of sp³-hybridized carbons (Fsp3) is 0.464. The number of imidazole rings is 1. The minimum absolute atomic E-state index is 0.104. The van der Waals surface area contributed by atoms with Crippen molar-refractivity contribution >= 4 is 11.8 Å². The standard InChI is InChI=1S/C28H36N2O2S/c1-22-5-7-24(8-6-22)18-33-19-26-17-31-28(32-26,20-30-16-15-29-21-30)14-13-23-9-11-25(12-10-23)27(2,3)4/h5-12,15-16,21,26H,13-14,17-20H2,1-4H3. The third-order valence-electron chi connectivity index (χ3n) is 6.20. The molecule has 0 radical (unpaired) electrons. The Morgan fingerprint density at radius 3 is 2.45 bits per heavy atom. The molecule has 2 atom stereocenters. The first-order chi connectivity index (χ1) is 15.8. The van der Waals surface area contributed by atoms with Crippen LogP contribution in [0.5, 0.6) is 0 Å². The minimum atomic E-state index is -0.613. The van der Waals surface area contributed by atoms with E-state index in [0.717, 1.165) is 24.3 Å². The van der Waals surface area contributed by atoms with Crippen molar-refractivity contribution in [3.8, 4) is 0 Å². The van der Waals surface area contributed by atoms with Crippen molar-refractivity contribution in [1.29, 1.82) is 0 Å². The second-order valence-corrected chi connectivity index (χ2v) is 11.2. The highest BCUT2D eigenvalue weighted by molar-refractivity contribution is 7.98. The Morgan fingerprint density at radius 1 is 1.06 bits per heavy atom. The summed E-state index contributed by atoms with van der Waals surface area (Å²) in [6.07, 6.45) is 7.47. The van der Waals surface area contributed by atoms with Gasteiger partial charge in [-0.05, 0) is 35.4 Å². The molecule has 4 nitrogen and oxygen atoms in total. The molecule has 0 saturated carbocycles. The predicted octanol–water partition coefficient (Wildman–Crippen LogP) is 6.17. The van der Waals surface area contributed by atoms with E-state index in [1.807, 2.05) is 30.5 Å². The lowest BCUT2D eigenvalue weighted by Gasteiger charge is -2.29. The zero-order chi connectivity index (χ0) is 23.3. The molecule has 0 spiro atoms. The summed E-state index contributed by atoms with van der Waals surface area (Å²) in [5, 5.41) is 0. The Hall–Kier alpha value is -2.08. The van der Waals surface area contributed by atoms with Crippen LogP contribution in [0.1, 0.15) is 49.4 Å². The van der Waals surface area contributed by atoms with Gasteiger partial charge in [0, 0.05) is 30.3 Å². The highest BCUT2D eigenvalue weighted by Gasteiger charge is 2.41. The first-order valence-corrected chi connectivity index (χ1v) is 13.0. The van der Waals surface area contributed by atoms with E-state index in [2.05, 4.69) is 85.8 Å². The second kappa shape index (κ2) is 10.5. The van der Waals surface area contributed by atoms with E-state index in [1.54, 1.807) is 0 Å². The van der Waals surface area contributed by atoms with Crippen molar-refractivity contribution in [2.24, 2.45) is 0 Å². The van der Waals surface area contributed by atoms with Crippen LogP contribution < -0.4 is 0 Å². The Balaban J connectivity index is 1.36. The van der Waals surface area contributed by atoms with E-state index in [0.29, 0.717) is 13.2 Å². The van der Waals surface area contributed by atoms with Crippen LogP contribution >= 0.6 is 11.8 Å². The summed E-state index contributed by atoms with van der Waals surface area (Å²) < 4.78 is 15.0. The summed E-state index contributed by atoms with van der Waals surface area (Å²) in [4.78, 5) is 4.20. The van der Waals surface area contributed by atoms with Gasteiger partial charge in [-0.25, -0.2) is 4.98 Å². The molecule has 0 bridgehead atoms. The number of rotatable bonds is 9. The minimum Gasteiger partial charge on any atom is -0.345 e. The van der Waals surface area contributed by atoms with Gasteiger partial charge in [0.15, 0.2) is 5.79 Å². The molecule has 176 valence electrons. The van der Waals surface area contributed by atoms with Crippen LogP contribution in [0, 0.1) is 6.92 Å². The van der Waals surface area contributed by atoms with E-state index in [4.69, 9.17) is 9.47 Å². The van der Waals surface area contributed by atoms with Crippen LogP contribution in [-0.2, 0) is 33.6 Å². The molecule has 4 rings (SSSR count). The van der Waals surface area contributed by atoms with Crippen molar-refractivity contribution in [1.82, 2.24) is 9.55 Å². The van der Waals surface area contributed by atoms with E-state index in [1.165, 1.54) is 22.3 Å². The molecular weight excluding hydrogens is 428 g/mol. The third kappa shape index (κ3) is 6.72. The number of nitrogens with zero attached hydrogens (tertiary/aromatic N) is 2. The van der Waals surface area contributed by atoms with Gasteiger partial charge in [0.05, 0.1) is 25.6 Å². The first kappa shape index (κ1) is 24.1. The average Bonchev–Trinajstić information content (AvgIpc) is 3.44. The Bertz CT molecular complexity index is 994. The molecule has 2 unspecified atom stereocenters. The average molecular weight is 465 g/mol. The summed E-state index contributed by atoms with van der Waals surface area (Å²) in [5.74, 6) is 1.31. The molecule has 3 aromatic rings. The van der Waals surface area contributed by atoms with Gasteiger partial charge in [0.1, 0.15) is 0 Å². The summed E-state index contributed by atoms with van der Waals surface area (Å²) in [6.45, 7) is 10.2.